The lowest BCUT2D eigenvalue weighted by molar-refractivity contribution is 0.0955. The van der Waals surface area contributed by atoms with Crippen LogP contribution in [0, 0.1) is 0 Å². The zero-order valence-electron chi connectivity index (χ0n) is 11.3. The molecule has 1 unspecified atom stereocenters. The molecule has 0 fully saturated rings. The smallest absolute Gasteiger partial charge is 0.181 e. The summed E-state index contributed by atoms with van der Waals surface area (Å²) in [6.45, 7) is 5.94. The molecule has 0 radical (unpaired) electrons. The third-order valence-electron chi connectivity index (χ3n) is 2.57. The maximum Gasteiger partial charge on any atom is 0.181 e. The van der Waals surface area contributed by atoms with Gasteiger partial charge in [-0.1, -0.05) is 19.8 Å². The van der Waals surface area contributed by atoms with Crippen LogP contribution in [0.15, 0.2) is 18.5 Å². The molecule has 0 bridgehead atoms. The van der Waals surface area contributed by atoms with Gasteiger partial charge in [0.1, 0.15) is 5.75 Å². The molecule has 0 spiro atoms. The third kappa shape index (κ3) is 4.45. The number of carbonyl (C=O) groups excluding carboxylic acids is 1. The summed E-state index contributed by atoms with van der Waals surface area (Å²) >= 11 is 0. The number of ketones is 1. The Bertz CT molecular complexity index is 391. The average Bonchev–Trinajstić information content (AvgIpc) is 2.34. The quantitative estimate of drug-likeness (QED) is 0.755. The van der Waals surface area contributed by atoms with Crippen LogP contribution >= 0.6 is 0 Å². The van der Waals surface area contributed by atoms with E-state index in [1.54, 1.807) is 18.5 Å². The summed E-state index contributed by atoms with van der Waals surface area (Å²) in [4.78, 5) is 16.1. The van der Waals surface area contributed by atoms with E-state index in [9.17, 15) is 4.79 Å². The van der Waals surface area contributed by atoms with Crippen LogP contribution in [0.4, 0.5) is 0 Å². The van der Waals surface area contributed by atoms with E-state index in [4.69, 9.17) is 10.5 Å². The molecule has 0 aromatic carbocycles. The highest BCUT2D eigenvalue weighted by molar-refractivity contribution is 5.99. The molecular weight excluding hydrogens is 228 g/mol. The standard InChI is InChI=1S/C14H22N2O2/c1-4-5-6-13(15)14(17)11-7-12(9-16-8-11)18-10(2)3/h7-10,13H,4-6,15H2,1-3H3. The van der Waals surface area contributed by atoms with Crippen molar-refractivity contribution in [3.8, 4) is 5.75 Å². The van der Waals surface area contributed by atoms with Crippen LogP contribution in [-0.2, 0) is 0 Å². The van der Waals surface area contributed by atoms with Gasteiger partial charge in [-0.05, 0) is 26.3 Å². The van der Waals surface area contributed by atoms with Crippen LogP contribution in [-0.4, -0.2) is 22.9 Å². The van der Waals surface area contributed by atoms with E-state index in [1.165, 1.54) is 0 Å². The second-order valence-corrected chi connectivity index (χ2v) is 4.69. The van der Waals surface area contributed by atoms with Crippen molar-refractivity contribution >= 4 is 5.78 Å². The minimum Gasteiger partial charge on any atom is -0.489 e. The van der Waals surface area contributed by atoms with Crippen molar-refractivity contribution in [3.63, 3.8) is 0 Å². The van der Waals surface area contributed by atoms with Crippen LogP contribution in [0.3, 0.4) is 0 Å². The molecule has 100 valence electrons. The first kappa shape index (κ1) is 14.6. The van der Waals surface area contributed by atoms with Gasteiger partial charge in [0.15, 0.2) is 5.78 Å². The van der Waals surface area contributed by atoms with E-state index in [0.29, 0.717) is 17.7 Å². The average molecular weight is 250 g/mol. The monoisotopic (exact) mass is 250 g/mol. The van der Waals surface area contributed by atoms with Crippen LogP contribution in [0.5, 0.6) is 5.75 Å². The first-order chi connectivity index (χ1) is 8.54. The fraction of sp³-hybridized carbons (Fsp3) is 0.571. The Labute approximate surface area is 109 Å². The predicted molar refractivity (Wildman–Crippen MR) is 71.8 cm³/mol. The van der Waals surface area contributed by atoms with Gasteiger partial charge in [0.25, 0.3) is 0 Å². The molecule has 0 amide bonds. The normalized spacial score (nSPS) is 12.5. The number of hydrogen-bond donors (Lipinski definition) is 1. The van der Waals surface area contributed by atoms with Gasteiger partial charge >= 0.3 is 0 Å². The number of ether oxygens (including phenoxy) is 1. The lowest BCUT2D eigenvalue weighted by Gasteiger charge is -2.12. The molecule has 18 heavy (non-hydrogen) atoms. The summed E-state index contributed by atoms with van der Waals surface area (Å²) in [5.41, 5.74) is 6.39. The van der Waals surface area contributed by atoms with Crippen LogP contribution in [0.25, 0.3) is 0 Å². The zero-order chi connectivity index (χ0) is 13.5. The molecule has 4 heteroatoms. The Kier molecular flexibility index (Phi) is 5.78. The maximum absolute atomic E-state index is 12.1. The topological polar surface area (TPSA) is 65.2 Å². The van der Waals surface area contributed by atoms with Gasteiger partial charge in [-0.15, -0.1) is 0 Å². The number of Topliss-reactive ketones (excluding diaryl/α,β-unsaturated/α-hetero) is 1. The summed E-state index contributed by atoms with van der Waals surface area (Å²) in [7, 11) is 0. The van der Waals surface area contributed by atoms with E-state index in [0.717, 1.165) is 12.8 Å². The molecule has 0 aliphatic heterocycles. The number of nitrogens with two attached hydrogens (primary N) is 1. The van der Waals surface area contributed by atoms with Gasteiger partial charge in [0.05, 0.1) is 18.3 Å². The molecule has 1 aromatic heterocycles. The van der Waals surface area contributed by atoms with Gasteiger partial charge < -0.3 is 10.5 Å². The highest BCUT2D eigenvalue weighted by Crippen LogP contribution is 2.15. The highest BCUT2D eigenvalue weighted by atomic mass is 16.5. The van der Waals surface area contributed by atoms with Crippen molar-refractivity contribution in [2.45, 2.75) is 52.2 Å². The Morgan fingerprint density at radius 3 is 2.78 bits per heavy atom. The Hall–Kier alpha value is -1.42. The fourth-order valence-corrected chi connectivity index (χ4v) is 1.66. The van der Waals surface area contributed by atoms with Gasteiger partial charge in [-0.3, -0.25) is 9.78 Å². The van der Waals surface area contributed by atoms with Crippen molar-refractivity contribution in [2.75, 3.05) is 0 Å². The number of nitrogens with zero attached hydrogens (tertiary/aromatic N) is 1. The van der Waals surface area contributed by atoms with Crippen molar-refractivity contribution in [3.05, 3.63) is 24.0 Å². The number of carbonyl (C=O) groups is 1. The number of unbranched alkanes of at least 4 members (excludes halogenated alkanes) is 1. The summed E-state index contributed by atoms with van der Waals surface area (Å²) in [6.07, 6.45) is 5.92. The van der Waals surface area contributed by atoms with Crippen molar-refractivity contribution in [1.29, 1.82) is 0 Å². The fourth-order valence-electron chi connectivity index (χ4n) is 1.66. The Morgan fingerprint density at radius 1 is 1.44 bits per heavy atom. The lowest BCUT2D eigenvalue weighted by atomic mass is 10.0. The van der Waals surface area contributed by atoms with E-state index < -0.39 is 6.04 Å². The molecule has 1 aromatic rings. The second-order valence-electron chi connectivity index (χ2n) is 4.69. The molecule has 4 nitrogen and oxygen atoms in total. The summed E-state index contributed by atoms with van der Waals surface area (Å²) in [6, 6.07) is 1.27. The summed E-state index contributed by atoms with van der Waals surface area (Å²) in [5.74, 6) is 0.545. The molecule has 0 aliphatic rings. The van der Waals surface area contributed by atoms with Gasteiger partial charge in [-0.2, -0.15) is 0 Å². The summed E-state index contributed by atoms with van der Waals surface area (Å²) in [5, 5.41) is 0. The molecule has 0 saturated carbocycles. The Balaban J connectivity index is 2.73. The zero-order valence-corrected chi connectivity index (χ0v) is 11.3. The first-order valence-electron chi connectivity index (χ1n) is 6.46. The van der Waals surface area contributed by atoms with Crippen LogP contribution in [0.1, 0.15) is 50.4 Å². The van der Waals surface area contributed by atoms with E-state index >= 15 is 0 Å². The summed E-state index contributed by atoms with van der Waals surface area (Å²) < 4.78 is 5.51. The molecule has 1 rings (SSSR count). The van der Waals surface area contributed by atoms with Crippen molar-refractivity contribution < 1.29 is 9.53 Å². The van der Waals surface area contributed by atoms with E-state index in [2.05, 4.69) is 11.9 Å². The minimum absolute atomic E-state index is 0.0610. The molecule has 1 atom stereocenters. The lowest BCUT2D eigenvalue weighted by Crippen LogP contribution is -2.30. The molecular formula is C14H22N2O2. The van der Waals surface area contributed by atoms with Gasteiger partial charge in [0.2, 0.25) is 0 Å². The third-order valence-corrected chi connectivity index (χ3v) is 2.57. The Morgan fingerprint density at radius 2 is 2.17 bits per heavy atom. The number of hydrogen-bond acceptors (Lipinski definition) is 4. The largest absolute Gasteiger partial charge is 0.489 e. The van der Waals surface area contributed by atoms with E-state index in [1.807, 2.05) is 13.8 Å². The number of pyridine rings is 1. The molecule has 2 N–H and O–H groups in total. The predicted octanol–water partition coefficient (Wildman–Crippen LogP) is 2.57. The van der Waals surface area contributed by atoms with E-state index in [-0.39, 0.29) is 11.9 Å². The van der Waals surface area contributed by atoms with Crippen molar-refractivity contribution in [1.82, 2.24) is 4.98 Å². The maximum atomic E-state index is 12.1. The van der Waals surface area contributed by atoms with Crippen LogP contribution in [0.2, 0.25) is 0 Å². The highest BCUT2D eigenvalue weighted by Gasteiger charge is 2.16. The SMILES string of the molecule is CCCCC(N)C(=O)c1cncc(OC(C)C)c1. The van der Waals surface area contributed by atoms with Crippen LogP contribution < -0.4 is 10.5 Å². The second kappa shape index (κ2) is 7.11. The first-order valence-corrected chi connectivity index (χ1v) is 6.46. The van der Waals surface area contributed by atoms with Gasteiger partial charge in [0, 0.05) is 11.8 Å². The molecule has 0 aliphatic carbocycles. The molecule has 1 heterocycles. The number of rotatable bonds is 7. The molecule has 0 saturated heterocycles. The number of aromatic nitrogens is 1. The van der Waals surface area contributed by atoms with Gasteiger partial charge in [-0.25, -0.2) is 0 Å². The van der Waals surface area contributed by atoms with Crippen molar-refractivity contribution in [2.24, 2.45) is 5.73 Å². The minimum atomic E-state index is -0.443.